The predicted molar refractivity (Wildman–Crippen MR) is 153 cm³/mol. The number of carbonyl (C=O) groups excluding carboxylic acids is 1. The van der Waals surface area contributed by atoms with Crippen LogP contribution in [0.5, 0.6) is 0 Å². The van der Waals surface area contributed by atoms with Gasteiger partial charge in [0.15, 0.2) is 6.29 Å². The molecule has 1 aliphatic rings. The Hall–Kier alpha value is -3.41. The van der Waals surface area contributed by atoms with Gasteiger partial charge in [0.05, 0.1) is 30.5 Å². The van der Waals surface area contributed by atoms with Crippen molar-refractivity contribution in [2.24, 2.45) is 11.8 Å². The number of halogens is 4. The van der Waals surface area contributed by atoms with Crippen molar-refractivity contribution < 1.29 is 28.2 Å². The van der Waals surface area contributed by atoms with Crippen LogP contribution in [-0.4, -0.2) is 39.0 Å². The zero-order valence-corrected chi connectivity index (χ0v) is 24.0. The van der Waals surface area contributed by atoms with Crippen molar-refractivity contribution in [2.75, 3.05) is 18.5 Å². The minimum absolute atomic E-state index is 0.0233. The second-order valence-electron chi connectivity index (χ2n) is 10.3. The first-order valence-electron chi connectivity index (χ1n) is 13.2. The first kappa shape index (κ1) is 30.1. The largest absolute Gasteiger partial charge is 0.383 e. The van der Waals surface area contributed by atoms with E-state index in [2.05, 4.69) is 15.4 Å². The number of carbonyl (C=O) groups is 1. The third-order valence-corrected chi connectivity index (χ3v) is 7.91. The molecule has 0 saturated carbocycles. The van der Waals surface area contributed by atoms with Gasteiger partial charge < -0.3 is 19.9 Å². The Morgan fingerprint density at radius 1 is 1.12 bits per heavy atom. The molecule has 1 saturated heterocycles. The molecule has 2 heterocycles. The maximum atomic E-state index is 14.8. The molecule has 2 unspecified atom stereocenters. The Bertz CT molecular complexity index is 1530. The van der Waals surface area contributed by atoms with Gasteiger partial charge >= 0.3 is 0 Å². The van der Waals surface area contributed by atoms with Gasteiger partial charge in [-0.15, -0.1) is 0 Å². The van der Waals surface area contributed by atoms with Gasteiger partial charge in [-0.1, -0.05) is 48.3 Å². The molecule has 8 nitrogen and oxygen atoms in total. The first-order chi connectivity index (χ1) is 20.1. The number of hydrogen-bond acceptors (Lipinski definition) is 6. The molecule has 0 radical (unpaired) electrons. The van der Waals surface area contributed by atoms with Gasteiger partial charge in [0, 0.05) is 33.7 Å². The average molecular weight is 617 g/mol. The maximum Gasteiger partial charge on any atom is 0.255 e. The van der Waals surface area contributed by atoms with E-state index in [0.29, 0.717) is 40.9 Å². The second kappa shape index (κ2) is 12.8. The molecule has 1 amide bonds. The molecule has 220 valence electrons. The molecular formula is C30H28Cl2F2N4O4. The summed E-state index contributed by atoms with van der Waals surface area (Å²) in [5.74, 6) is -2.49. The van der Waals surface area contributed by atoms with Crippen molar-refractivity contribution in [1.29, 1.82) is 0 Å². The number of amides is 1. The van der Waals surface area contributed by atoms with Gasteiger partial charge in [-0.05, 0) is 48.7 Å². The van der Waals surface area contributed by atoms with Gasteiger partial charge in [-0.25, -0.2) is 18.4 Å². The summed E-state index contributed by atoms with van der Waals surface area (Å²) in [4.78, 5) is 16.6. The molecule has 2 N–H and O–H groups in total. The molecule has 2 atom stereocenters. The fraction of sp³-hybridized carbons (Fsp3) is 0.300. The SMILES string of the molecule is CC(CC1COC(c2ccc(C(=O)Nc3ccc(Cl)cc3Cl)cc2)OC1)C(O)(Cn1cncn1)c1ccc(F)cc1F. The minimum atomic E-state index is -1.70. The molecule has 5 rings (SSSR count). The molecule has 0 spiro atoms. The summed E-state index contributed by atoms with van der Waals surface area (Å²) >= 11 is 12.1. The third kappa shape index (κ3) is 6.79. The predicted octanol–water partition coefficient (Wildman–Crippen LogP) is 6.39. The van der Waals surface area contributed by atoms with Gasteiger partial charge in [-0.3, -0.25) is 4.79 Å². The lowest BCUT2D eigenvalue weighted by atomic mass is 9.77. The standard InChI is InChI=1S/C30H28Cl2F2N4O4/c1-18(30(40,15-38-17-35-16-36-38)24-8-7-23(33)12-26(24)34)10-19-13-41-29(42-14-19)21-4-2-20(3-5-21)28(39)37-27-9-6-22(31)11-25(27)32/h2-9,11-12,16-19,29,40H,10,13-15H2,1H3,(H,37,39). The number of rotatable bonds is 9. The normalized spacial score (nSPS) is 19.2. The summed E-state index contributed by atoms with van der Waals surface area (Å²) in [6, 6.07) is 14.8. The van der Waals surface area contributed by atoms with Crippen molar-refractivity contribution in [2.45, 2.75) is 31.8 Å². The summed E-state index contributed by atoms with van der Waals surface area (Å²) in [5.41, 5.74) is -0.116. The monoisotopic (exact) mass is 616 g/mol. The number of aromatic nitrogens is 3. The quantitative estimate of drug-likeness (QED) is 0.226. The number of benzene rings is 3. The Balaban J connectivity index is 1.20. The molecule has 1 fully saturated rings. The van der Waals surface area contributed by atoms with E-state index in [-0.39, 0.29) is 23.9 Å². The van der Waals surface area contributed by atoms with Crippen LogP contribution in [0.2, 0.25) is 10.0 Å². The fourth-order valence-electron chi connectivity index (χ4n) is 5.05. The zero-order chi connectivity index (χ0) is 29.9. The van der Waals surface area contributed by atoms with E-state index in [1.807, 2.05) is 0 Å². The highest BCUT2D eigenvalue weighted by Gasteiger charge is 2.40. The Kier molecular flexibility index (Phi) is 9.19. The summed E-state index contributed by atoms with van der Waals surface area (Å²) in [6.45, 7) is 2.39. The van der Waals surface area contributed by atoms with Gasteiger partial charge in [-0.2, -0.15) is 5.10 Å². The number of nitrogens with one attached hydrogen (secondary N) is 1. The molecule has 1 aliphatic heterocycles. The Morgan fingerprint density at radius 3 is 2.50 bits per heavy atom. The molecule has 4 aromatic rings. The van der Waals surface area contributed by atoms with E-state index < -0.39 is 29.4 Å². The van der Waals surface area contributed by atoms with E-state index in [1.165, 1.54) is 23.4 Å². The van der Waals surface area contributed by atoms with Crippen LogP contribution in [-0.2, 0) is 21.6 Å². The molecule has 1 aromatic heterocycles. The van der Waals surface area contributed by atoms with E-state index in [9.17, 15) is 18.7 Å². The first-order valence-corrected chi connectivity index (χ1v) is 14.0. The van der Waals surface area contributed by atoms with E-state index >= 15 is 0 Å². The second-order valence-corrected chi connectivity index (χ2v) is 11.2. The van der Waals surface area contributed by atoms with Crippen LogP contribution in [0.4, 0.5) is 14.5 Å². The number of aliphatic hydroxyl groups is 1. The van der Waals surface area contributed by atoms with Gasteiger partial charge in [0.2, 0.25) is 0 Å². The van der Waals surface area contributed by atoms with E-state index in [1.54, 1.807) is 49.4 Å². The van der Waals surface area contributed by atoms with E-state index in [0.717, 1.165) is 17.7 Å². The number of hydrogen-bond donors (Lipinski definition) is 2. The topological polar surface area (TPSA) is 98.5 Å². The Morgan fingerprint density at radius 2 is 1.86 bits per heavy atom. The highest BCUT2D eigenvalue weighted by Crippen LogP contribution is 2.38. The van der Waals surface area contributed by atoms with Crippen molar-refractivity contribution >= 4 is 34.8 Å². The molecule has 0 aliphatic carbocycles. The van der Waals surface area contributed by atoms with Crippen LogP contribution >= 0.6 is 23.2 Å². The average Bonchev–Trinajstić information content (AvgIpc) is 3.47. The lowest BCUT2D eigenvalue weighted by molar-refractivity contribution is -0.210. The highest BCUT2D eigenvalue weighted by atomic mass is 35.5. The van der Waals surface area contributed by atoms with Crippen molar-refractivity contribution in [3.63, 3.8) is 0 Å². The van der Waals surface area contributed by atoms with Gasteiger partial charge in [0.25, 0.3) is 5.91 Å². The van der Waals surface area contributed by atoms with Crippen molar-refractivity contribution in [3.8, 4) is 0 Å². The Labute approximate surface area is 251 Å². The van der Waals surface area contributed by atoms with Crippen molar-refractivity contribution in [3.05, 3.63) is 112 Å². The lowest BCUT2D eigenvalue weighted by Gasteiger charge is -2.38. The summed E-state index contributed by atoms with van der Waals surface area (Å²) in [7, 11) is 0. The summed E-state index contributed by atoms with van der Waals surface area (Å²) in [6.07, 6.45) is 2.55. The zero-order valence-electron chi connectivity index (χ0n) is 22.5. The minimum Gasteiger partial charge on any atom is -0.383 e. The molecule has 42 heavy (non-hydrogen) atoms. The smallest absolute Gasteiger partial charge is 0.255 e. The molecule has 0 bridgehead atoms. The third-order valence-electron chi connectivity index (χ3n) is 7.36. The van der Waals surface area contributed by atoms with Crippen LogP contribution in [0, 0.1) is 23.5 Å². The van der Waals surface area contributed by atoms with Gasteiger partial charge in [0.1, 0.15) is 29.9 Å². The number of ether oxygens (including phenoxy) is 2. The van der Waals surface area contributed by atoms with Crippen LogP contribution in [0.1, 0.15) is 41.1 Å². The molecule has 12 heteroatoms. The van der Waals surface area contributed by atoms with Crippen LogP contribution in [0.15, 0.2) is 73.3 Å². The number of anilines is 1. The lowest BCUT2D eigenvalue weighted by Crippen LogP contribution is -2.41. The van der Waals surface area contributed by atoms with E-state index in [4.69, 9.17) is 32.7 Å². The summed E-state index contributed by atoms with van der Waals surface area (Å²) in [5, 5.41) is 19.4. The van der Waals surface area contributed by atoms with Crippen LogP contribution < -0.4 is 5.32 Å². The molecule has 3 aromatic carbocycles. The fourth-order valence-corrected chi connectivity index (χ4v) is 5.51. The maximum absolute atomic E-state index is 14.8. The van der Waals surface area contributed by atoms with Crippen LogP contribution in [0.3, 0.4) is 0 Å². The number of nitrogens with zero attached hydrogens (tertiary/aromatic N) is 3. The highest BCUT2D eigenvalue weighted by molar-refractivity contribution is 6.36. The van der Waals surface area contributed by atoms with Crippen LogP contribution in [0.25, 0.3) is 0 Å². The van der Waals surface area contributed by atoms with Crippen molar-refractivity contribution in [1.82, 2.24) is 14.8 Å². The summed E-state index contributed by atoms with van der Waals surface area (Å²) < 4.78 is 41.8. The molecular weight excluding hydrogens is 589 g/mol.